The van der Waals surface area contributed by atoms with Crippen molar-refractivity contribution in [2.45, 2.75) is 4.90 Å². The van der Waals surface area contributed by atoms with Crippen LogP contribution in [0.2, 0.25) is 0 Å². The molecule has 4 N–H and O–H groups in total. The van der Waals surface area contributed by atoms with Crippen LogP contribution in [0.3, 0.4) is 0 Å². The molecule has 2 rings (SSSR count). The number of nitrogens with two attached hydrogens (primary N) is 1. The molecule has 6 nitrogen and oxygen atoms in total. The molecule has 0 saturated heterocycles. The Morgan fingerprint density at radius 1 is 1.19 bits per heavy atom. The van der Waals surface area contributed by atoms with Crippen molar-refractivity contribution in [3.05, 3.63) is 53.8 Å². The number of hydrogen-bond acceptors (Lipinski definition) is 4. The number of sulfonamides is 1. The number of halogens is 1. The van der Waals surface area contributed by atoms with Crippen LogP contribution in [0.25, 0.3) is 0 Å². The minimum Gasteiger partial charge on any atom is -0.508 e. The zero-order valence-corrected chi connectivity index (χ0v) is 11.4. The van der Waals surface area contributed by atoms with Gasteiger partial charge in [-0.2, -0.15) is 0 Å². The van der Waals surface area contributed by atoms with Crippen molar-refractivity contribution in [1.29, 1.82) is 0 Å². The first kappa shape index (κ1) is 14.9. The Balaban J connectivity index is 2.33. The van der Waals surface area contributed by atoms with Crippen molar-refractivity contribution in [2.75, 3.05) is 5.32 Å². The number of phenols is 1. The number of carbonyl (C=O) groups is 1. The molecule has 0 radical (unpaired) electrons. The van der Waals surface area contributed by atoms with Crippen LogP contribution in [-0.4, -0.2) is 19.4 Å². The largest absolute Gasteiger partial charge is 0.508 e. The van der Waals surface area contributed by atoms with Gasteiger partial charge in [0.05, 0.1) is 10.6 Å². The van der Waals surface area contributed by atoms with Crippen LogP contribution in [0, 0.1) is 5.82 Å². The second kappa shape index (κ2) is 5.51. The van der Waals surface area contributed by atoms with Crippen LogP contribution >= 0.6 is 0 Å². The highest BCUT2D eigenvalue weighted by Gasteiger charge is 2.14. The highest BCUT2D eigenvalue weighted by Crippen LogP contribution is 2.20. The number of aromatic hydroxyl groups is 1. The topological polar surface area (TPSA) is 109 Å². The summed E-state index contributed by atoms with van der Waals surface area (Å²) in [5, 5.41) is 16.4. The SMILES string of the molecule is NS(=O)(=O)c1ccc(F)c(NC(=O)c2cccc(O)c2)c1. The Bertz CT molecular complexity index is 806. The van der Waals surface area contributed by atoms with E-state index in [1.807, 2.05) is 0 Å². The molecule has 2 aromatic carbocycles. The third-order valence-electron chi connectivity index (χ3n) is 2.62. The van der Waals surface area contributed by atoms with E-state index in [0.717, 1.165) is 18.2 Å². The first-order valence-electron chi connectivity index (χ1n) is 5.70. The molecule has 2 aromatic rings. The number of amides is 1. The number of benzene rings is 2. The van der Waals surface area contributed by atoms with Crippen molar-refractivity contribution in [1.82, 2.24) is 0 Å². The van der Waals surface area contributed by atoms with Crippen LogP contribution in [0.4, 0.5) is 10.1 Å². The quantitative estimate of drug-likeness (QED) is 0.796. The second-order valence-corrected chi connectivity index (χ2v) is 5.75. The molecule has 0 atom stereocenters. The van der Waals surface area contributed by atoms with Crippen LogP contribution in [0.15, 0.2) is 47.4 Å². The number of carbonyl (C=O) groups excluding carboxylic acids is 1. The lowest BCUT2D eigenvalue weighted by Crippen LogP contribution is -2.15. The second-order valence-electron chi connectivity index (χ2n) is 4.19. The zero-order chi connectivity index (χ0) is 15.6. The summed E-state index contributed by atoms with van der Waals surface area (Å²) in [7, 11) is -4.01. The molecule has 8 heteroatoms. The highest BCUT2D eigenvalue weighted by atomic mass is 32.2. The maximum absolute atomic E-state index is 13.6. The van der Waals surface area contributed by atoms with E-state index in [1.165, 1.54) is 24.3 Å². The van der Waals surface area contributed by atoms with Crippen molar-refractivity contribution in [2.24, 2.45) is 5.14 Å². The highest BCUT2D eigenvalue weighted by molar-refractivity contribution is 7.89. The average molecular weight is 310 g/mol. The third kappa shape index (κ3) is 3.56. The number of phenolic OH excluding ortho intramolecular Hbond substituents is 1. The van der Waals surface area contributed by atoms with Gasteiger partial charge >= 0.3 is 0 Å². The molecule has 0 heterocycles. The molecular formula is C13H11FN2O4S. The van der Waals surface area contributed by atoms with E-state index in [1.54, 1.807) is 0 Å². The van der Waals surface area contributed by atoms with Gasteiger partial charge in [-0.05, 0) is 36.4 Å². The standard InChI is InChI=1S/C13H11FN2O4S/c14-11-5-4-10(21(15,19)20)7-12(11)16-13(18)8-2-1-3-9(17)6-8/h1-7,17H,(H,16,18)(H2,15,19,20). The third-order valence-corrected chi connectivity index (χ3v) is 3.53. The Labute approximate surface area is 120 Å². The predicted molar refractivity (Wildman–Crippen MR) is 73.8 cm³/mol. The fourth-order valence-electron chi connectivity index (χ4n) is 1.62. The van der Waals surface area contributed by atoms with E-state index >= 15 is 0 Å². The van der Waals surface area contributed by atoms with Crippen molar-refractivity contribution in [3.63, 3.8) is 0 Å². The van der Waals surface area contributed by atoms with E-state index < -0.39 is 21.7 Å². The molecule has 0 fully saturated rings. The van der Waals surface area contributed by atoms with Gasteiger partial charge < -0.3 is 10.4 Å². The molecule has 21 heavy (non-hydrogen) atoms. The fourth-order valence-corrected chi connectivity index (χ4v) is 2.16. The van der Waals surface area contributed by atoms with Gasteiger partial charge in [-0.3, -0.25) is 4.79 Å². The van der Waals surface area contributed by atoms with Crippen LogP contribution < -0.4 is 10.5 Å². The molecule has 110 valence electrons. The summed E-state index contributed by atoms with van der Waals surface area (Å²) >= 11 is 0. The van der Waals surface area contributed by atoms with Gasteiger partial charge in [0.2, 0.25) is 10.0 Å². The Hall–Kier alpha value is -2.45. The zero-order valence-electron chi connectivity index (χ0n) is 10.6. The van der Waals surface area contributed by atoms with Gasteiger partial charge in [0, 0.05) is 5.56 Å². The normalized spacial score (nSPS) is 11.1. The summed E-state index contributed by atoms with van der Waals surface area (Å²) in [5.74, 6) is -1.63. The molecule has 0 spiro atoms. The Morgan fingerprint density at radius 2 is 1.90 bits per heavy atom. The molecule has 1 amide bonds. The number of rotatable bonds is 3. The summed E-state index contributed by atoms with van der Waals surface area (Å²) in [6, 6.07) is 8.23. The van der Waals surface area contributed by atoms with Gasteiger partial charge in [0.1, 0.15) is 11.6 Å². The molecule has 0 aliphatic rings. The maximum Gasteiger partial charge on any atom is 0.255 e. The van der Waals surface area contributed by atoms with Gasteiger partial charge in [0.15, 0.2) is 0 Å². The van der Waals surface area contributed by atoms with E-state index in [0.29, 0.717) is 0 Å². The van der Waals surface area contributed by atoms with Crippen molar-refractivity contribution < 1.29 is 22.7 Å². The lowest BCUT2D eigenvalue weighted by atomic mass is 10.2. The predicted octanol–water partition coefficient (Wildman–Crippen LogP) is 1.43. The van der Waals surface area contributed by atoms with Gasteiger partial charge in [-0.25, -0.2) is 17.9 Å². The molecular weight excluding hydrogens is 299 g/mol. The lowest BCUT2D eigenvalue weighted by molar-refractivity contribution is 0.102. The number of primary sulfonamides is 1. The molecule has 0 bridgehead atoms. The first-order valence-corrected chi connectivity index (χ1v) is 7.25. The Kier molecular flexibility index (Phi) is 3.92. The van der Waals surface area contributed by atoms with E-state index in [2.05, 4.69) is 5.32 Å². The van der Waals surface area contributed by atoms with Gasteiger partial charge in [-0.1, -0.05) is 6.07 Å². The summed E-state index contributed by atoms with van der Waals surface area (Å²) in [5.41, 5.74) is -0.231. The molecule has 0 unspecified atom stereocenters. The smallest absolute Gasteiger partial charge is 0.255 e. The monoisotopic (exact) mass is 310 g/mol. The first-order chi connectivity index (χ1) is 9.77. The molecule has 0 saturated carbocycles. The van der Waals surface area contributed by atoms with Crippen molar-refractivity contribution >= 4 is 21.6 Å². The molecule has 0 aromatic heterocycles. The summed E-state index contributed by atoms with van der Waals surface area (Å²) in [6.07, 6.45) is 0. The minimum absolute atomic E-state index is 0.0930. The average Bonchev–Trinajstić information content (AvgIpc) is 2.40. The maximum atomic E-state index is 13.6. The number of hydrogen-bond donors (Lipinski definition) is 3. The molecule has 0 aliphatic heterocycles. The van der Waals surface area contributed by atoms with Crippen LogP contribution in [0.5, 0.6) is 5.75 Å². The minimum atomic E-state index is -4.01. The van der Waals surface area contributed by atoms with Crippen molar-refractivity contribution in [3.8, 4) is 5.75 Å². The van der Waals surface area contributed by atoms with Gasteiger partial charge in [-0.15, -0.1) is 0 Å². The number of anilines is 1. The van der Waals surface area contributed by atoms with Crippen LogP contribution in [0.1, 0.15) is 10.4 Å². The van der Waals surface area contributed by atoms with E-state index in [4.69, 9.17) is 5.14 Å². The van der Waals surface area contributed by atoms with Gasteiger partial charge in [0.25, 0.3) is 5.91 Å². The number of nitrogens with one attached hydrogen (secondary N) is 1. The molecule has 0 aliphatic carbocycles. The summed E-state index contributed by atoms with van der Waals surface area (Å²) in [6.45, 7) is 0. The van der Waals surface area contributed by atoms with E-state index in [-0.39, 0.29) is 21.9 Å². The fraction of sp³-hybridized carbons (Fsp3) is 0. The lowest BCUT2D eigenvalue weighted by Gasteiger charge is -2.08. The Morgan fingerprint density at radius 3 is 2.52 bits per heavy atom. The van der Waals surface area contributed by atoms with Crippen LogP contribution in [-0.2, 0) is 10.0 Å². The summed E-state index contributed by atoms with van der Waals surface area (Å²) in [4.78, 5) is 11.6. The van der Waals surface area contributed by atoms with E-state index in [9.17, 15) is 22.7 Å². The summed E-state index contributed by atoms with van der Waals surface area (Å²) < 4.78 is 36.0.